The van der Waals surface area contributed by atoms with E-state index in [1.165, 1.54) is 17.8 Å². The van der Waals surface area contributed by atoms with E-state index < -0.39 is 0 Å². The number of nitrogens with one attached hydrogen (secondary N) is 1. The Morgan fingerprint density at radius 1 is 1.18 bits per heavy atom. The number of hydrogen-bond acceptors (Lipinski definition) is 3. The lowest BCUT2D eigenvalue weighted by molar-refractivity contribution is 0.239. The van der Waals surface area contributed by atoms with Gasteiger partial charge in [0.25, 0.3) is 0 Å². The van der Waals surface area contributed by atoms with Gasteiger partial charge in [0, 0.05) is 24.3 Å². The highest BCUT2D eigenvalue weighted by molar-refractivity contribution is 5.37. The van der Waals surface area contributed by atoms with E-state index in [0.29, 0.717) is 6.54 Å². The molecule has 1 atom stereocenters. The molecule has 4 heteroatoms. The smallest absolute Gasteiger partial charge is 0.141 e. The summed E-state index contributed by atoms with van der Waals surface area (Å²) in [5.41, 5.74) is 3.09. The fourth-order valence-corrected chi connectivity index (χ4v) is 2.22. The molecule has 118 valence electrons. The SMILES string of the molecule is Cc1ccc(CN[C@@H](C)c2cncc(F)c2)c(OC(C)C)c1. The lowest BCUT2D eigenvalue weighted by atomic mass is 10.1. The minimum absolute atomic E-state index is 0.0106. The van der Waals surface area contributed by atoms with E-state index in [9.17, 15) is 4.39 Å². The summed E-state index contributed by atoms with van der Waals surface area (Å²) < 4.78 is 19.1. The largest absolute Gasteiger partial charge is 0.491 e. The summed E-state index contributed by atoms with van der Waals surface area (Å²) in [6.07, 6.45) is 3.03. The molecule has 1 aromatic carbocycles. The molecular weight excluding hydrogens is 279 g/mol. The third kappa shape index (κ3) is 4.53. The van der Waals surface area contributed by atoms with Crippen molar-refractivity contribution in [2.24, 2.45) is 0 Å². The first-order valence-electron chi connectivity index (χ1n) is 7.55. The summed E-state index contributed by atoms with van der Waals surface area (Å²) in [4.78, 5) is 3.89. The Morgan fingerprint density at radius 3 is 2.64 bits per heavy atom. The maximum Gasteiger partial charge on any atom is 0.141 e. The van der Waals surface area contributed by atoms with Gasteiger partial charge >= 0.3 is 0 Å². The second kappa shape index (κ2) is 7.36. The van der Waals surface area contributed by atoms with Crippen molar-refractivity contribution in [1.82, 2.24) is 10.3 Å². The lowest BCUT2D eigenvalue weighted by Crippen LogP contribution is -2.19. The minimum Gasteiger partial charge on any atom is -0.491 e. The molecule has 0 aliphatic carbocycles. The van der Waals surface area contributed by atoms with Crippen LogP contribution in [0.3, 0.4) is 0 Å². The predicted octanol–water partition coefficient (Wildman–Crippen LogP) is 4.17. The van der Waals surface area contributed by atoms with Gasteiger partial charge in [0.05, 0.1) is 12.3 Å². The normalized spacial score (nSPS) is 12.5. The molecule has 3 nitrogen and oxygen atoms in total. The van der Waals surface area contributed by atoms with Crippen molar-refractivity contribution in [3.05, 3.63) is 59.2 Å². The summed E-state index contributed by atoms with van der Waals surface area (Å²) in [6, 6.07) is 7.70. The van der Waals surface area contributed by atoms with E-state index >= 15 is 0 Å². The van der Waals surface area contributed by atoms with Gasteiger partial charge in [-0.15, -0.1) is 0 Å². The van der Waals surface area contributed by atoms with Crippen LogP contribution >= 0.6 is 0 Å². The summed E-state index contributed by atoms with van der Waals surface area (Å²) >= 11 is 0. The van der Waals surface area contributed by atoms with Crippen molar-refractivity contribution in [3.63, 3.8) is 0 Å². The van der Waals surface area contributed by atoms with Gasteiger partial charge < -0.3 is 10.1 Å². The Balaban J connectivity index is 2.07. The quantitative estimate of drug-likeness (QED) is 0.869. The van der Waals surface area contributed by atoms with Crippen LogP contribution in [0.5, 0.6) is 5.75 Å². The molecule has 1 aromatic heterocycles. The molecular formula is C18H23FN2O. The number of halogens is 1. The number of aromatic nitrogens is 1. The van der Waals surface area contributed by atoms with Gasteiger partial charge in [-0.05, 0) is 51.0 Å². The monoisotopic (exact) mass is 302 g/mol. The Morgan fingerprint density at radius 2 is 1.95 bits per heavy atom. The number of nitrogens with zero attached hydrogens (tertiary/aromatic N) is 1. The van der Waals surface area contributed by atoms with Crippen molar-refractivity contribution in [2.45, 2.75) is 46.4 Å². The van der Waals surface area contributed by atoms with Crippen LogP contribution in [0.1, 0.15) is 43.5 Å². The number of rotatable bonds is 6. The third-order valence-electron chi connectivity index (χ3n) is 3.41. The van der Waals surface area contributed by atoms with E-state index in [4.69, 9.17) is 4.74 Å². The number of benzene rings is 1. The van der Waals surface area contributed by atoms with Crippen LogP contribution in [-0.4, -0.2) is 11.1 Å². The van der Waals surface area contributed by atoms with Crippen molar-refractivity contribution in [3.8, 4) is 5.75 Å². The fourth-order valence-electron chi connectivity index (χ4n) is 2.22. The predicted molar refractivity (Wildman–Crippen MR) is 86.4 cm³/mol. The van der Waals surface area contributed by atoms with Gasteiger partial charge in [-0.1, -0.05) is 12.1 Å². The fraction of sp³-hybridized carbons (Fsp3) is 0.389. The van der Waals surface area contributed by atoms with Gasteiger partial charge in [-0.2, -0.15) is 0 Å². The number of aryl methyl sites for hydroxylation is 1. The first-order chi connectivity index (χ1) is 10.5. The summed E-state index contributed by atoms with van der Waals surface area (Å²) in [5, 5.41) is 3.39. The van der Waals surface area contributed by atoms with Gasteiger partial charge in [0.15, 0.2) is 0 Å². The molecule has 0 saturated carbocycles. The zero-order valence-corrected chi connectivity index (χ0v) is 13.6. The van der Waals surface area contributed by atoms with Gasteiger partial charge in [-0.3, -0.25) is 4.98 Å². The second-order valence-corrected chi connectivity index (χ2v) is 5.82. The highest BCUT2D eigenvalue weighted by Crippen LogP contribution is 2.23. The molecule has 0 bridgehead atoms. The van der Waals surface area contributed by atoms with Gasteiger partial charge in [-0.25, -0.2) is 4.39 Å². The minimum atomic E-state index is -0.315. The Kier molecular flexibility index (Phi) is 5.50. The summed E-state index contributed by atoms with van der Waals surface area (Å²) in [5.74, 6) is 0.581. The highest BCUT2D eigenvalue weighted by Gasteiger charge is 2.10. The average molecular weight is 302 g/mol. The first kappa shape index (κ1) is 16.4. The molecule has 2 rings (SSSR count). The van der Waals surface area contributed by atoms with E-state index in [-0.39, 0.29) is 18.0 Å². The zero-order valence-electron chi connectivity index (χ0n) is 13.6. The van der Waals surface area contributed by atoms with Crippen molar-refractivity contribution in [2.75, 3.05) is 0 Å². The average Bonchev–Trinajstić information content (AvgIpc) is 2.45. The van der Waals surface area contributed by atoms with Crippen LogP contribution in [0.25, 0.3) is 0 Å². The topological polar surface area (TPSA) is 34.2 Å². The van der Waals surface area contributed by atoms with E-state index in [2.05, 4.69) is 22.4 Å². The molecule has 2 aromatic rings. The van der Waals surface area contributed by atoms with E-state index in [1.54, 1.807) is 6.20 Å². The van der Waals surface area contributed by atoms with Crippen LogP contribution in [0, 0.1) is 12.7 Å². The molecule has 0 saturated heterocycles. The lowest BCUT2D eigenvalue weighted by Gasteiger charge is -2.18. The standard InChI is InChI=1S/C18H23FN2O/c1-12(2)22-18-7-13(3)5-6-15(18)10-21-14(4)16-8-17(19)11-20-9-16/h5-9,11-12,14,21H,10H2,1-4H3/t14-/m0/s1. The molecule has 0 radical (unpaired) electrons. The molecule has 0 unspecified atom stereocenters. The Bertz CT molecular complexity index is 628. The molecule has 0 fully saturated rings. The molecule has 1 N–H and O–H groups in total. The third-order valence-corrected chi connectivity index (χ3v) is 3.41. The number of pyridine rings is 1. The van der Waals surface area contributed by atoms with E-state index in [1.807, 2.05) is 33.8 Å². The van der Waals surface area contributed by atoms with Crippen LogP contribution in [0.4, 0.5) is 4.39 Å². The van der Waals surface area contributed by atoms with Crippen molar-refractivity contribution in [1.29, 1.82) is 0 Å². The van der Waals surface area contributed by atoms with Crippen LogP contribution < -0.4 is 10.1 Å². The Labute approximate surface area is 131 Å². The number of ether oxygens (including phenoxy) is 1. The van der Waals surface area contributed by atoms with Crippen LogP contribution in [0.2, 0.25) is 0 Å². The van der Waals surface area contributed by atoms with Gasteiger partial charge in [0.1, 0.15) is 11.6 Å². The van der Waals surface area contributed by atoms with E-state index in [0.717, 1.165) is 16.9 Å². The molecule has 0 aliphatic heterocycles. The maximum absolute atomic E-state index is 13.2. The summed E-state index contributed by atoms with van der Waals surface area (Å²) in [6.45, 7) is 8.72. The molecule has 1 heterocycles. The van der Waals surface area contributed by atoms with Crippen molar-refractivity contribution < 1.29 is 9.13 Å². The molecule has 0 spiro atoms. The zero-order chi connectivity index (χ0) is 16.1. The Hall–Kier alpha value is -1.94. The first-order valence-corrected chi connectivity index (χ1v) is 7.55. The summed E-state index contributed by atoms with van der Waals surface area (Å²) in [7, 11) is 0. The van der Waals surface area contributed by atoms with Crippen LogP contribution in [-0.2, 0) is 6.54 Å². The van der Waals surface area contributed by atoms with Crippen LogP contribution in [0.15, 0.2) is 36.7 Å². The van der Waals surface area contributed by atoms with Gasteiger partial charge in [0.2, 0.25) is 0 Å². The number of hydrogen-bond donors (Lipinski definition) is 1. The molecule has 0 aliphatic rings. The maximum atomic E-state index is 13.2. The van der Waals surface area contributed by atoms with Crippen molar-refractivity contribution >= 4 is 0 Å². The second-order valence-electron chi connectivity index (χ2n) is 5.82. The molecule has 0 amide bonds. The molecule has 22 heavy (non-hydrogen) atoms. The highest BCUT2D eigenvalue weighted by atomic mass is 19.1.